The molecule has 0 spiro atoms. The second-order valence-corrected chi connectivity index (χ2v) is 5.43. The second-order valence-electron chi connectivity index (χ2n) is 5.43. The number of carbonyl (C=O) groups excluding carboxylic acids is 2. The smallest absolute Gasteiger partial charge is 0.321 e. The molecule has 0 atom stereocenters. The van der Waals surface area contributed by atoms with Gasteiger partial charge in [0.25, 0.3) is 0 Å². The van der Waals surface area contributed by atoms with Crippen LogP contribution in [0.4, 0.5) is 4.79 Å². The number of hydrogen-bond acceptors (Lipinski definition) is 5. The Bertz CT molecular complexity index is 338. The fraction of sp³-hybridized carbons (Fsp3) is 0.846. The Hall–Kier alpha value is -1.18. The molecule has 2 saturated heterocycles. The number of rotatable bonds is 5. The minimum Gasteiger partial charge on any atom is -0.338 e. The topological polar surface area (TPSA) is 76.7 Å². The Morgan fingerprint density at radius 3 is 2.45 bits per heavy atom. The lowest BCUT2D eigenvalue weighted by molar-refractivity contribution is -0.121. The Kier molecular flexibility index (Phi) is 5.75. The van der Waals surface area contributed by atoms with Gasteiger partial charge in [-0.25, -0.2) is 4.79 Å². The molecule has 0 saturated carbocycles. The highest BCUT2D eigenvalue weighted by Crippen LogP contribution is 2.09. The van der Waals surface area contributed by atoms with Crippen LogP contribution in [0.25, 0.3) is 0 Å². The van der Waals surface area contributed by atoms with Gasteiger partial charge >= 0.3 is 6.03 Å². The number of urea groups is 1. The van der Waals surface area contributed by atoms with E-state index in [4.69, 9.17) is 0 Å². The van der Waals surface area contributed by atoms with E-state index in [9.17, 15) is 9.59 Å². The van der Waals surface area contributed by atoms with Gasteiger partial charge in [-0.3, -0.25) is 19.9 Å². The molecule has 2 heterocycles. The molecule has 7 heteroatoms. The van der Waals surface area contributed by atoms with E-state index in [0.717, 1.165) is 45.7 Å². The molecule has 2 fully saturated rings. The van der Waals surface area contributed by atoms with E-state index in [-0.39, 0.29) is 5.91 Å². The van der Waals surface area contributed by atoms with Crippen LogP contribution in [0.2, 0.25) is 0 Å². The van der Waals surface area contributed by atoms with Gasteiger partial charge in [0.15, 0.2) is 0 Å². The van der Waals surface area contributed by atoms with E-state index in [1.165, 1.54) is 0 Å². The molecule has 2 rings (SSSR count). The maximum absolute atomic E-state index is 11.7. The standard InChI is InChI=1S/C13H25N5O2/c1-2-3-15-13(20)16-12(19)10-17-4-6-18(7-5-17)11-8-14-9-11/h11,14H,2-10H2,1H3,(H2,15,16,19,20). The Morgan fingerprint density at radius 2 is 1.90 bits per heavy atom. The zero-order chi connectivity index (χ0) is 14.4. The Labute approximate surface area is 120 Å². The summed E-state index contributed by atoms with van der Waals surface area (Å²) in [4.78, 5) is 27.7. The lowest BCUT2D eigenvalue weighted by Gasteiger charge is -2.43. The van der Waals surface area contributed by atoms with Crippen LogP contribution in [0.3, 0.4) is 0 Å². The van der Waals surface area contributed by atoms with Crippen molar-refractivity contribution in [3.63, 3.8) is 0 Å². The monoisotopic (exact) mass is 283 g/mol. The summed E-state index contributed by atoms with van der Waals surface area (Å²) in [6.07, 6.45) is 0.861. The largest absolute Gasteiger partial charge is 0.338 e. The van der Waals surface area contributed by atoms with Crippen molar-refractivity contribution in [2.75, 3.05) is 52.4 Å². The van der Waals surface area contributed by atoms with Crippen LogP contribution in [0, 0.1) is 0 Å². The van der Waals surface area contributed by atoms with Crippen LogP contribution < -0.4 is 16.0 Å². The number of nitrogens with one attached hydrogen (secondary N) is 3. The van der Waals surface area contributed by atoms with Gasteiger partial charge in [0.05, 0.1) is 6.54 Å². The molecule has 0 aromatic carbocycles. The van der Waals surface area contributed by atoms with E-state index >= 15 is 0 Å². The van der Waals surface area contributed by atoms with Crippen molar-refractivity contribution in [2.45, 2.75) is 19.4 Å². The highest BCUT2D eigenvalue weighted by molar-refractivity contribution is 5.95. The molecule has 0 radical (unpaired) electrons. The van der Waals surface area contributed by atoms with Crippen LogP contribution in [-0.4, -0.2) is 80.1 Å². The van der Waals surface area contributed by atoms with Crippen molar-refractivity contribution in [2.24, 2.45) is 0 Å². The first-order valence-corrected chi connectivity index (χ1v) is 7.44. The third-order valence-corrected chi connectivity index (χ3v) is 3.84. The summed E-state index contributed by atoms with van der Waals surface area (Å²) in [6, 6.07) is 0.279. The minimum absolute atomic E-state index is 0.225. The van der Waals surface area contributed by atoms with E-state index in [1.54, 1.807) is 0 Å². The maximum Gasteiger partial charge on any atom is 0.321 e. The number of piperazine rings is 1. The molecular weight excluding hydrogens is 258 g/mol. The molecule has 7 nitrogen and oxygen atoms in total. The fourth-order valence-corrected chi connectivity index (χ4v) is 2.47. The van der Waals surface area contributed by atoms with E-state index in [1.807, 2.05) is 6.92 Å². The summed E-state index contributed by atoms with van der Waals surface area (Å²) in [5.41, 5.74) is 0. The summed E-state index contributed by atoms with van der Waals surface area (Å²) in [7, 11) is 0. The maximum atomic E-state index is 11.7. The van der Waals surface area contributed by atoms with Crippen molar-refractivity contribution >= 4 is 11.9 Å². The molecule has 0 aromatic heterocycles. The van der Waals surface area contributed by atoms with Gasteiger partial charge in [0.2, 0.25) is 5.91 Å². The van der Waals surface area contributed by atoms with Gasteiger partial charge in [0, 0.05) is 51.9 Å². The van der Waals surface area contributed by atoms with Crippen molar-refractivity contribution in [1.29, 1.82) is 0 Å². The van der Waals surface area contributed by atoms with Gasteiger partial charge < -0.3 is 10.6 Å². The predicted octanol–water partition coefficient (Wildman–Crippen LogP) is -1.19. The number of hydrogen-bond donors (Lipinski definition) is 3. The van der Waals surface area contributed by atoms with Crippen LogP contribution in [0.15, 0.2) is 0 Å². The molecule has 2 aliphatic heterocycles. The molecule has 0 aromatic rings. The van der Waals surface area contributed by atoms with Gasteiger partial charge in [-0.15, -0.1) is 0 Å². The summed E-state index contributed by atoms with van der Waals surface area (Å²) < 4.78 is 0. The Morgan fingerprint density at radius 1 is 1.20 bits per heavy atom. The summed E-state index contributed by atoms with van der Waals surface area (Å²) >= 11 is 0. The highest BCUT2D eigenvalue weighted by atomic mass is 16.2. The van der Waals surface area contributed by atoms with Crippen LogP contribution in [0.5, 0.6) is 0 Å². The van der Waals surface area contributed by atoms with Gasteiger partial charge in [-0.2, -0.15) is 0 Å². The molecule has 0 bridgehead atoms. The Balaban J connectivity index is 1.61. The number of amides is 3. The summed E-state index contributed by atoms with van der Waals surface area (Å²) in [5.74, 6) is -0.225. The lowest BCUT2D eigenvalue weighted by Crippen LogP contribution is -2.62. The third kappa shape index (κ3) is 4.43. The summed E-state index contributed by atoms with van der Waals surface area (Å²) in [6.45, 7) is 8.81. The van der Waals surface area contributed by atoms with Gasteiger partial charge in [-0.05, 0) is 6.42 Å². The lowest BCUT2D eigenvalue weighted by atomic mass is 10.1. The molecular formula is C13H25N5O2. The van der Waals surface area contributed by atoms with E-state index < -0.39 is 6.03 Å². The number of carbonyl (C=O) groups is 2. The molecule has 114 valence electrons. The predicted molar refractivity (Wildman–Crippen MR) is 76.5 cm³/mol. The zero-order valence-electron chi connectivity index (χ0n) is 12.2. The van der Waals surface area contributed by atoms with Crippen molar-refractivity contribution in [3.8, 4) is 0 Å². The van der Waals surface area contributed by atoms with Crippen LogP contribution in [-0.2, 0) is 4.79 Å². The quantitative estimate of drug-likeness (QED) is 0.592. The van der Waals surface area contributed by atoms with Gasteiger partial charge in [-0.1, -0.05) is 6.92 Å². The second kappa shape index (κ2) is 7.56. The molecule has 3 N–H and O–H groups in total. The third-order valence-electron chi connectivity index (χ3n) is 3.84. The fourth-order valence-electron chi connectivity index (χ4n) is 2.47. The van der Waals surface area contributed by atoms with Crippen molar-refractivity contribution in [3.05, 3.63) is 0 Å². The van der Waals surface area contributed by atoms with E-state index in [2.05, 4.69) is 25.8 Å². The first kappa shape index (κ1) is 15.2. The molecule has 3 amide bonds. The number of imide groups is 1. The first-order valence-electron chi connectivity index (χ1n) is 7.44. The van der Waals surface area contributed by atoms with E-state index in [0.29, 0.717) is 19.1 Å². The van der Waals surface area contributed by atoms with Gasteiger partial charge in [0.1, 0.15) is 0 Å². The minimum atomic E-state index is -0.393. The molecule has 0 aliphatic carbocycles. The molecule has 2 aliphatic rings. The molecule has 0 unspecified atom stereocenters. The average Bonchev–Trinajstić information content (AvgIpc) is 2.36. The normalized spacial score (nSPS) is 21.2. The zero-order valence-corrected chi connectivity index (χ0v) is 12.2. The van der Waals surface area contributed by atoms with Crippen molar-refractivity contribution < 1.29 is 9.59 Å². The first-order chi connectivity index (χ1) is 9.69. The van der Waals surface area contributed by atoms with Crippen molar-refractivity contribution in [1.82, 2.24) is 25.8 Å². The average molecular weight is 283 g/mol. The highest BCUT2D eigenvalue weighted by Gasteiger charge is 2.28. The SMILES string of the molecule is CCCNC(=O)NC(=O)CN1CCN(C2CNC2)CC1. The summed E-state index contributed by atoms with van der Waals surface area (Å²) in [5, 5.41) is 8.27. The van der Waals surface area contributed by atoms with Crippen LogP contribution in [0.1, 0.15) is 13.3 Å². The van der Waals surface area contributed by atoms with Crippen LogP contribution >= 0.6 is 0 Å². The molecule has 20 heavy (non-hydrogen) atoms. The number of nitrogens with zero attached hydrogens (tertiary/aromatic N) is 2.